The van der Waals surface area contributed by atoms with Crippen LogP contribution in [0.25, 0.3) is 0 Å². The highest BCUT2D eigenvalue weighted by Crippen LogP contribution is 2.38. The van der Waals surface area contributed by atoms with E-state index in [-0.39, 0.29) is 18.4 Å². The first-order valence-electron chi connectivity index (χ1n) is 8.01. The molecule has 5 nitrogen and oxygen atoms in total. The van der Waals surface area contributed by atoms with Crippen molar-refractivity contribution in [2.75, 3.05) is 6.54 Å². The van der Waals surface area contributed by atoms with Crippen LogP contribution in [0.15, 0.2) is 24.3 Å². The molecule has 1 saturated heterocycles. The molecule has 2 aliphatic rings. The summed E-state index contributed by atoms with van der Waals surface area (Å²) in [5.74, 6) is -0.662. The number of β-amino-alcohol motifs (C(OH)–C–C–N with tert-alkyl or cyclic N) is 1. The maximum atomic E-state index is 13.3. The largest absolute Gasteiger partial charge is 0.387 e. The van der Waals surface area contributed by atoms with E-state index >= 15 is 0 Å². The Labute approximate surface area is 134 Å². The van der Waals surface area contributed by atoms with Crippen molar-refractivity contribution >= 4 is 11.9 Å². The molecule has 1 heterocycles. The smallest absolute Gasteiger partial charge is 0.325 e. The summed E-state index contributed by atoms with van der Waals surface area (Å²) in [5.41, 5.74) is -0.486. The Hall–Kier alpha value is -1.95. The minimum absolute atomic E-state index is 0.0732. The van der Waals surface area contributed by atoms with Gasteiger partial charge in [0, 0.05) is 0 Å². The number of hydrogen-bond acceptors (Lipinski definition) is 3. The molecule has 0 bridgehead atoms. The van der Waals surface area contributed by atoms with E-state index in [0.717, 1.165) is 24.2 Å². The Bertz CT molecular complexity index is 636. The molecule has 0 radical (unpaired) electrons. The number of benzene rings is 1. The number of halogens is 1. The van der Waals surface area contributed by atoms with Gasteiger partial charge in [-0.1, -0.05) is 31.9 Å². The number of rotatable bonds is 3. The predicted molar refractivity (Wildman–Crippen MR) is 82.0 cm³/mol. The SMILES string of the molecule is C[C@@H]1CCCC[C@@]12NC(=O)N(C[C@@H](O)c1cccc(F)c1)C2=O. The van der Waals surface area contributed by atoms with Crippen LogP contribution in [0.3, 0.4) is 0 Å². The van der Waals surface area contributed by atoms with Crippen LogP contribution in [0, 0.1) is 11.7 Å². The molecule has 2 N–H and O–H groups in total. The van der Waals surface area contributed by atoms with Gasteiger partial charge < -0.3 is 10.4 Å². The normalized spacial score (nSPS) is 29.0. The van der Waals surface area contributed by atoms with Crippen LogP contribution < -0.4 is 5.32 Å². The zero-order valence-electron chi connectivity index (χ0n) is 13.1. The van der Waals surface area contributed by atoms with Gasteiger partial charge in [0.25, 0.3) is 5.91 Å². The number of urea groups is 1. The van der Waals surface area contributed by atoms with Gasteiger partial charge in [-0.3, -0.25) is 9.69 Å². The Morgan fingerprint density at radius 3 is 2.91 bits per heavy atom. The molecule has 6 heteroatoms. The van der Waals surface area contributed by atoms with Crippen molar-refractivity contribution in [3.8, 4) is 0 Å². The highest BCUT2D eigenvalue weighted by atomic mass is 19.1. The van der Waals surface area contributed by atoms with Crippen molar-refractivity contribution in [2.24, 2.45) is 5.92 Å². The average Bonchev–Trinajstić information content (AvgIpc) is 2.75. The summed E-state index contributed by atoms with van der Waals surface area (Å²) in [6.07, 6.45) is 2.38. The van der Waals surface area contributed by atoms with Crippen LogP contribution in [-0.4, -0.2) is 34.0 Å². The number of carbonyl (C=O) groups excluding carboxylic acids is 2. The molecular formula is C17H21FN2O3. The molecule has 1 aliphatic heterocycles. The van der Waals surface area contributed by atoms with Crippen LogP contribution in [0.1, 0.15) is 44.3 Å². The molecule has 2 fully saturated rings. The quantitative estimate of drug-likeness (QED) is 0.840. The van der Waals surface area contributed by atoms with Gasteiger partial charge in [0.1, 0.15) is 11.4 Å². The van der Waals surface area contributed by atoms with E-state index < -0.39 is 23.5 Å². The van der Waals surface area contributed by atoms with E-state index in [0.29, 0.717) is 12.0 Å². The Balaban J connectivity index is 1.78. The number of nitrogens with zero attached hydrogens (tertiary/aromatic N) is 1. The highest BCUT2D eigenvalue weighted by Gasteiger charge is 2.55. The second kappa shape index (κ2) is 5.92. The van der Waals surface area contributed by atoms with E-state index in [1.807, 2.05) is 6.92 Å². The lowest BCUT2D eigenvalue weighted by molar-refractivity contribution is -0.135. The fourth-order valence-corrected chi connectivity index (χ4v) is 3.65. The van der Waals surface area contributed by atoms with Gasteiger partial charge in [0.05, 0.1) is 12.6 Å². The summed E-state index contributed by atoms with van der Waals surface area (Å²) in [5, 5.41) is 13.1. The second-order valence-corrected chi connectivity index (χ2v) is 6.53. The minimum atomic E-state index is -1.10. The maximum Gasteiger partial charge on any atom is 0.325 e. The third-order valence-corrected chi connectivity index (χ3v) is 5.09. The maximum absolute atomic E-state index is 13.3. The van der Waals surface area contributed by atoms with Crippen molar-refractivity contribution < 1.29 is 19.1 Å². The van der Waals surface area contributed by atoms with Gasteiger partial charge in [-0.15, -0.1) is 0 Å². The molecule has 0 aromatic heterocycles. The summed E-state index contributed by atoms with van der Waals surface area (Å²) in [4.78, 5) is 26.1. The number of aliphatic hydroxyl groups is 1. The summed E-state index contributed by atoms with van der Waals surface area (Å²) in [7, 11) is 0. The van der Waals surface area contributed by atoms with Gasteiger partial charge in [-0.2, -0.15) is 0 Å². The molecule has 0 unspecified atom stereocenters. The molecule has 1 aliphatic carbocycles. The summed E-state index contributed by atoms with van der Waals surface area (Å²) >= 11 is 0. The van der Waals surface area contributed by atoms with E-state index in [4.69, 9.17) is 0 Å². The standard InChI is InChI=1S/C17H21FN2O3/c1-11-5-2-3-8-17(11)15(22)20(16(23)19-17)10-14(21)12-6-4-7-13(18)9-12/h4,6-7,9,11,14,21H,2-3,5,8,10H2,1H3,(H,19,23)/t11-,14-,17-/m1/s1. The summed E-state index contributed by atoms with van der Waals surface area (Å²) in [6, 6.07) is 5.08. The first-order chi connectivity index (χ1) is 10.9. The number of hydrogen-bond donors (Lipinski definition) is 2. The molecule has 3 amide bonds. The zero-order valence-corrected chi connectivity index (χ0v) is 13.1. The second-order valence-electron chi connectivity index (χ2n) is 6.53. The molecular weight excluding hydrogens is 299 g/mol. The van der Waals surface area contributed by atoms with Gasteiger partial charge >= 0.3 is 6.03 Å². The first-order valence-corrected chi connectivity index (χ1v) is 8.01. The molecule has 1 aromatic carbocycles. The predicted octanol–water partition coefficient (Wildman–Crippen LogP) is 2.36. The van der Waals surface area contributed by atoms with Crippen molar-refractivity contribution in [1.29, 1.82) is 0 Å². The van der Waals surface area contributed by atoms with Crippen molar-refractivity contribution in [2.45, 2.75) is 44.2 Å². The molecule has 23 heavy (non-hydrogen) atoms. The fraction of sp³-hybridized carbons (Fsp3) is 0.529. The van der Waals surface area contributed by atoms with Gasteiger partial charge in [0.15, 0.2) is 0 Å². The molecule has 3 atom stereocenters. The highest BCUT2D eigenvalue weighted by molar-refractivity contribution is 6.07. The minimum Gasteiger partial charge on any atom is -0.387 e. The number of aliphatic hydroxyl groups excluding tert-OH is 1. The zero-order chi connectivity index (χ0) is 16.6. The van der Waals surface area contributed by atoms with Crippen LogP contribution in [-0.2, 0) is 4.79 Å². The molecule has 124 valence electrons. The number of imide groups is 1. The van der Waals surface area contributed by atoms with Gasteiger partial charge in [-0.25, -0.2) is 9.18 Å². The van der Waals surface area contributed by atoms with Gasteiger partial charge in [0.2, 0.25) is 0 Å². The average molecular weight is 320 g/mol. The first kappa shape index (κ1) is 15.9. The summed E-state index contributed by atoms with van der Waals surface area (Å²) in [6.45, 7) is 1.81. The lowest BCUT2D eigenvalue weighted by atomic mass is 9.73. The third kappa shape index (κ3) is 2.72. The number of carbonyl (C=O) groups is 2. The topological polar surface area (TPSA) is 69.6 Å². The molecule has 1 saturated carbocycles. The number of nitrogens with one attached hydrogen (secondary N) is 1. The van der Waals surface area contributed by atoms with Crippen LogP contribution in [0.5, 0.6) is 0 Å². The van der Waals surface area contributed by atoms with Crippen LogP contribution in [0.4, 0.5) is 9.18 Å². The molecule has 1 spiro atoms. The monoisotopic (exact) mass is 320 g/mol. The van der Waals surface area contributed by atoms with E-state index in [9.17, 15) is 19.1 Å². The lowest BCUT2D eigenvalue weighted by Gasteiger charge is -2.36. The van der Waals surface area contributed by atoms with E-state index in [1.54, 1.807) is 6.07 Å². The Morgan fingerprint density at radius 1 is 1.43 bits per heavy atom. The van der Waals surface area contributed by atoms with Crippen LogP contribution in [0.2, 0.25) is 0 Å². The van der Waals surface area contributed by atoms with E-state index in [1.165, 1.54) is 18.2 Å². The van der Waals surface area contributed by atoms with E-state index in [2.05, 4.69) is 5.32 Å². The molecule has 1 aromatic rings. The van der Waals surface area contributed by atoms with Crippen molar-refractivity contribution in [1.82, 2.24) is 10.2 Å². The van der Waals surface area contributed by atoms with Crippen LogP contribution >= 0.6 is 0 Å². The Kier molecular flexibility index (Phi) is 4.10. The van der Waals surface area contributed by atoms with Crippen molar-refractivity contribution in [3.05, 3.63) is 35.6 Å². The Morgan fingerprint density at radius 2 is 2.22 bits per heavy atom. The fourth-order valence-electron chi connectivity index (χ4n) is 3.65. The molecule has 3 rings (SSSR count). The lowest BCUT2D eigenvalue weighted by Crippen LogP contribution is -2.54. The van der Waals surface area contributed by atoms with Gasteiger partial charge in [-0.05, 0) is 36.5 Å². The number of amides is 3. The third-order valence-electron chi connectivity index (χ3n) is 5.09. The summed E-state index contributed by atoms with van der Waals surface area (Å²) < 4.78 is 13.3. The van der Waals surface area contributed by atoms with Crippen molar-refractivity contribution in [3.63, 3.8) is 0 Å².